The molecule has 0 amide bonds. The zero-order valence-corrected chi connectivity index (χ0v) is 21.7. The number of hydrogen-bond acceptors (Lipinski definition) is 7. The lowest BCUT2D eigenvalue weighted by atomic mass is 9.96. The van der Waals surface area contributed by atoms with Gasteiger partial charge in [-0.15, -0.1) is 0 Å². The maximum atomic E-state index is 13.6. The first kappa shape index (κ1) is 26.3. The van der Waals surface area contributed by atoms with Crippen LogP contribution in [-0.2, 0) is 0 Å². The van der Waals surface area contributed by atoms with Crippen LogP contribution < -0.4 is 15.0 Å². The summed E-state index contributed by atoms with van der Waals surface area (Å²) in [7, 11) is 1.63. The molecule has 0 spiro atoms. The number of hydrogen-bond donors (Lipinski definition) is 0. The number of ether oxygens (including phenoxy) is 2. The highest BCUT2D eigenvalue weighted by Gasteiger charge is 2.19. The maximum Gasteiger partial charge on any atom is 0.311 e. The molecule has 0 fully saturated rings. The summed E-state index contributed by atoms with van der Waals surface area (Å²) in [6.07, 6.45) is 2.90. The molecule has 0 unspecified atom stereocenters. The Labute approximate surface area is 219 Å². The smallest absolute Gasteiger partial charge is 0.311 e. The van der Waals surface area contributed by atoms with E-state index < -0.39 is 4.92 Å². The molecule has 4 rings (SSSR count). The minimum Gasteiger partial charge on any atom is -0.496 e. The number of benzene rings is 3. The molecule has 194 valence electrons. The summed E-state index contributed by atoms with van der Waals surface area (Å²) in [5.74, 6) is 1.39. The van der Waals surface area contributed by atoms with E-state index in [2.05, 4.69) is 25.5 Å². The average molecular weight is 513 g/mol. The monoisotopic (exact) mass is 512 g/mol. The first-order valence-electron chi connectivity index (χ1n) is 12.0. The van der Waals surface area contributed by atoms with E-state index in [-0.39, 0.29) is 29.5 Å². The largest absolute Gasteiger partial charge is 0.496 e. The number of methoxy groups -OCH3 is 1. The van der Waals surface area contributed by atoms with Crippen molar-refractivity contribution in [2.45, 2.75) is 26.7 Å². The second kappa shape index (κ2) is 11.1. The molecule has 0 bridgehead atoms. The summed E-state index contributed by atoms with van der Waals surface area (Å²) in [5, 5.41) is 16.5. The molecule has 0 atom stereocenters. The van der Waals surface area contributed by atoms with Gasteiger partial charge in [0.05, 0.1) is 29.2 Å². The number of para-hydroxylation sites is 1. The third-order valence-corrected chi connectivity index (χ3v) is 6.05. The minimum absolute atomic E-state index is 0.118. The molecule has 4 aromatic rings. The number of nitrogens with zero attached hydrogens (tertiary/aromatic N) is 4. The standard InChI is InChI=1S/C29H28N4O5/c1-6-13-38-26-12-11-20(15-25(26)33(35)36)17-30-32-28(31-24-10-8-7-9-21(24)29(32)34)23-16-22(18(2)3)27(37-5)14-19(23)4/h6-12,14-18H,1,13H2,2-5H3. The Morgan fingerprint density at radius 2 is 1.92 bits per heavy atom. The number of nitro groups is 1. The Morgan fingerprint density at radius 1 is 1.16 bits per heavy atom. The molecule has 3 aromatic carbocycles. The van der Waals surface area contributed by atoms with Crippen molar-refractivity contribution in [3.63, 3.8) is 0 Å². The molecule has 9 nitrogen and oxygen atoms in total. The molecule has 1 heterocycles. The zero-order chi connectivity index (χ0) is 27.4. The zero-order valence-electron chi connectivity index (χ0n) is 21.7. The summed E-state index contributed by atoms with van der Waals surface area (Å²) < 4.78 is 12.2. The van der Waals surface area contributed by atoms with E-state index in [0.29, 0.717) is 22.3 Å². The third-order valence-electron chi connectivity index (χ3n) is 6.05. The van der Waals surface area contributed by atoms with E-state index in [1.807, 2.05) is 25.1 Å². The Morgan fingerprint density at radius 3 is 2.61 bits per heavy atom. The highest BCUT2D eigenvalue weighted by Crippen LogP contribution is 2.34. The lowest BCUT2D eigenvalue weighted by Gasteiger charge is -2.17. The van der Waals surface area contributed by atoms with Crippen LogP contribution in [-0.4, -0.2) is 34.5 Å². The van der Waals surface area contributed by atoms with Gasteiger partial charge in [0.1, 0.15) is 12.4 Å². The normalized spacial score (nSPS) is 11.3. The lowest BCUT2D eigenvalue weighted by molar-refractivity contribution is -0.385. The van der Waals surface area contributed by atoms with Crippen molar-refractivity contribution < 1.29 is 14.4 Å². The van der Waals surface area contributed by atoms with Crippen LogP contribution in [0.5, 0.6) is 11.5 Å². The quantitative estimate of drug-likeness (QED) is 0.120. The molecule has 0 radical (unpaired) electrons. The first-order chi connectivity index (χ1) is 18.2. The number of aryl methyl sites for hydroxylation is 1. The second-order valence-corrected chi connectivity index (χ2v) is 8.96. The number of nitro benzene ring substituents is 1. The predicted molar refractivity (Wildman–Crippen MR) is 149 cm³/mol. The average Bonchev–Trinajstić information content (AvgIpc) is 2.91. The van der Waals surface area contributed by atoms with Crippen LogP contribution in [0.25, 0.3) is 22.3 Å². The van der Waals surface area contributed by atoms with Crippen molar-refractivity contribution in [2.24, 2.45) is 5.10 Å². The van der Waals surface area contributed by atoms with Crippen LogP contribution in [0, 0.1) is 17.0 Å². The van der Waals surface area contributed by atoms with Gasteiger partial charge in [0.15, 0.2) is 11.6 Å². The van der Waals surface area contributed by atoms with Gasteiger partial charge in [0, 0.05) is 17.2 Å². The third kappa shape index (κ3) is 5.17. The van der Waals surface area contributed by atoms with Gasteiger partial charge >= 0.3 is 5.69 Å². The Kier molecular flexibility index (Phi) is 7.66. The summed E-state index contributed by atoms with van der Waals surface area (Å²) in [5.41, 5.74) is 2.95. The van der Waals surface area contributed by atoms with E-state index in [9.17, 15) is 14.9 Å². The van der Waals surface area contributed by atoms with Gasteiger partial charge in [-0.05, 0) is 60.4 Å². The van der Waals surface area contributed by atoms with Crippen LogP contribution in [0.15, 0.2) is 77.1 Å². The van der Waals surface area contributed by atoms with Gasteiger partial charge in [-0.25, -0.2) is 4.98 Å². The molecule has 0 saturated heterocycles. The predicted octanol–water partition coefficient (Wildman–Crippen LogP) is 5.86. The van der Waals surface area contributed by atoms with Crippen LogP contribution in [0.4, 0.5) is 5.69 Å². The Bertz CT molecular complexity index is 1620. The van der Waals surface area contributed by atoms with Gasteiger partial charge in [0.25, 0.3) is 5.56 Å². The molecular weight excluding hydrogens is 484 g/mol. The molecule has 9 heteroatoms. The van der Waals surface area contributed by atoms with Crippen LogP contribution in [0.2, 0.25) is 0 Å². The van der Waals surface area contributed by atoms with Gasteiger partial charge in [-0.2, -0.15) is 9.78 Å². The van der Waals surface area contributed by atoms with Gasteiger partial charge in [-0.3, -0.25) is 14.9 Å². The lowest BCUT2D eigenvalue weighted by Crippen LogP contribution is -2.20. The van der Waals surface area contributed by atoms with Crippen LogP contribution >= 0.6 is 0 Å². The van der Waals surface area contributed by atoms with Crippen molar-refractivity contribution >= 4 is 22.8 Å². The first-order valence-corrected chi connectivity index (χ1v) is 12.0. The van der Waals surface area contributed by atoms with Crippen LogP contribution in [0.3, 0.4) is 0 Å². The fourth-order valence-electron chi connectivity index (χ4n) is 4.12. The van der Waals surface area contributed by atoms with E-state index in [1.165, 1.54) is 29.1 Å². The molecule has 0 saturated carbocycles. The van der Waals surface area contributed by atoms with E-state index in [1.54, 1.807) is 31.4 Å². The van der Waals surface area contributed by atoms with Gasteiger partial charge < -0.3 is 9.47 Å². The minimum atomic E-state index is -0.529. The highest BCUT2D eigenvalue weighted by molar-refractivity contribution is 5.83. The summed E-state index contributed by atoms with van der Waals surface area (Å²) in [4.78, 5) is 29.5. The van der Waals surface area contributed by atoms with Crippen molar-refractivity contribution in [3.05, 3.63) is 104 Å². The Balaban J connectivity index is 1.91. The van der Waals surface area contributed by atoms with E-state index >= 15 is 0 Å². The molecule has 0 aliphatic rings. The number of aromatic nitrogens is 2. The topological polar surface area (TPSA) is 109 Å². The SMILES string of the molecule is C=CCOc1ccc(C=Nn2c(-c3cc(C(C)C)c(OC)cc3C)nc3ccccc3c2=O)cc1[N+](=O)[O-]. The second-order valence-electron chi connectivity index (χ2n) is 8.96. The fraction of sp³-hybridized carbons (Fsp3) is 0.207. The maximum absolute atomic E-state index is 13.6. The van der Waals surface area contributed by atoms with E-state index in [4.69, 9.17) is 14.5 Å². The highest BCUT2D eigenvalue weighted by atomic mass is 16.6. The molecule has 1 aromatic heterocycles. The fourth-order valence-corrected chi connectivity index (χ4v) is 4.12. The molecular formula is C29H28N4O5. The van der Waals surface area contributed by atoms with Gasteiger partial charge in [-0.1, -0.05) is 38.6 Å². The van der Waals surface area contributed by atoms with Crippen molar-refractivity contribution in [2.75, 3.05) is 13.7 Å². The van der Waals surface area contributed by atoms with Crippen molar-refractivity contribution in [1.82, 2.24) is 9.66 Å². The summed E-state index contributed by atoms with van der Waals surface area (Å²) >= 11 is 0. The van der Waals surface area contributed by atoms with Crippen LogP contribution in [0.1, 0.15) is 36.5 Å². The molecule has 0 aliphatic carbocycles. The van der Waals surface area contributed by atoms with Gasteiger partial charge in [0.2, 0.25) is 0 Å². The summed E-state index contributed by atoms with van der Waals surface area (Å²) in [6, 6.07) is 15.4. The van der Waals surface area contributed by atoms with E-state index in [0.717, 1.165) is 22.4 Å². The van der Waals surface area contributed by atoms with Crippen molar-refractivity contribution in [1.29, 1.82) is 0 Å². The Hall–Kier alpha value is -4.79. The number of fused-ring (bicyclic) bond motifs is 1. The molecule has 38 heavy (non-hydrogen) atoms. The molecule has 0 aliphatic heterocycles. The molecule has 0 N–H and O–H groups in total. The number of rotatable bonds is 9. The van der Waals surface area contributed by atoms with Crippen molar-refractivity contribution in [3.8, 4) is 22.9 Å². The summed E-state index contributed by atoms with van der Waals surface area (Å²) in [6.45, 7) is 9.74.